The molecule has 0 radical (unpaired) electrons. The van der Waals surface area contributed by atoms with Crippen molar-refractivity contribution >= 4 is 17.5 Å². The van der Waals surface area contributed by atoms with E-state index in [9.17, 15) is 14.4 Å². The molecule has 0 aliphatic heterocycles. The second kappa shape index (κ2) is 8.75. The quantitative estimate of drug-likeness (QED) is 0.516. The maximum atomic E-state index is 11.7. The lowest BCUT2D eigenvalue weighted by molar-refractivity contribution is -0.122. The van der Waals surface area contributed by atoms with E-state index in [-0.39, 0.29) is 36.9 Å². The number of nitrogens with zero attached hydrogens (tertiary/aromatic N) is 1. The van der Waals surface area contributed by atoms with Gasteiger partial charge < -0.3 is 25.7 Å². The van der Waals surface area contributed by atoms with E-state index in [1.165, 1.54) is 22.9 Å². The molecule has 8 nitrogen and oxygen atoms in total. The highest BCUT2D eigenvalue weighted by Gasteiger charge is 2.06. The van der Waals surface area contributed by atoms with Crippen molar-refractivity contribution in [2.24, 2.45) is 0 Å². The Bertz CT molecular complexity index is 541. The summed E-state index contributed by atoms with van der Waals surface area (Å²) in [5.74, 6) is -0.527. The molecule has 1 heterocycles. The van der Waals surface area contributed by atoms with E-state index in [0.717, 1.165) is 0 Å². The highest BCUT2D eigenvalue weighted by atomic mass is 16.5. The van der Waals surface area contributed by atoms with E-state index in [0.29, 0.717) is 18.8 Å². The first kappa shape index (κ1) is 16.7. The van der Waals surface area contributed by atoms with Crippen LogP contribution in [0.3, 0.4) is 0 Å². The van der Waals surface area contributed by atoms with Crippen molar-refractivity contribution in [1.82, 2.24) is 15.2 Å². The molecular formula is C13H20N4O4. The smallest absolute Gasteiger partial charge is 0.251 e. The van der Waals surface area contributed by atoms with Gasteiger partial charge in [0.05, 0.1) is 6.61 Å². The van der Waals surface area contributed by atoms with Crippen molar-refractivity contribution in [1.29, 1.82) is 0 Å². The van der Waals surface area contributed by atoms with Gasteiger partial charge in [0.2, 0.25) is 11.8 Å². The lowest BCUT2D eigenvalue weighted by Gasteiger charge is -2.08. The van der Waals surface area contributed by atoms with E-state index in [1.807, 2.05) is 0 Å². The van der Waals surface area contributed by atoms with Gasteiger partial charge in [-0.25, -0.2) is 0 Å². The molecule has 2 amide bonds. The largest absolute Gasteiger partial charge is 0.398 e. The van der Waals surface area contributed by atoms with Gasteiger partial charge in [0, 0.05) is 44.6 Å². The highest BCUT2D eigenvalue weighted by molar-refractivity contribution is 5.78. The SMILES string of the molecule is COCCNC(=O)CCNC(=O)Cn1cc(N)ccc1=O. The van der Waals surface area contributed by atoms with Gasteiger partial charge in [-0.1, -0.05) is 0 Å². The van der Waals surface area contributed by atoms with E-state index in [4.69, 9.17) is 10.5 Å². The number of methoxy groups -OCH3 is 1. The molecule has 0 aliphatic rings. The Morgan fingerprint density at radius 3 is 2.67 bits per heavy atom. The summed E-state index contributed by atoms with van der Waals surface area (Å²) < 4.78 is 6.01. The zero-order valence-electron chi connectivity index (χ0n) is 11.9. The molecule has 0 fully saturated rings. The number of carbonyl (C=O) groups excluding carboxylic acids is 2. The van der Waals surface area contributed by atoms with Gasteiger partial charge in [-0.2, -0.15) is 0 Å². The second-order valence-electron chi connectivity index (χ2n) is 4.37. The minimum atomic E-state index is -0.354. The average molecular weight is 296 g/mol. The van der Waals surface area contributed by atoms with Crippen molar-refractivity contribution in [2.45, 2.75) is 13.0 Å². The van der Waals surface area contributed by atoms with Crippen LogP contribution in [-0.4, -0.2) is 43.2 Å². The Hall–Kier alpha value is -2.35. The Balaban J connectivity index is 2.30. The van der Waals surface area contributed by atoms with Gasteiger partial charge in [-0.3, -0.25) is 14.4 Å². The maximum absolute atomic E-state index is 11.7. The number of hydrogen-bond donors (Lipinski definition) is 3. The van der Waals surface area contributed by atoms with Crippen LogP contribution in [-0.2, 0) is 20.9 Å². The summed E-state index contributed by atoms with van der Waals surface area (Å²) in [7, 11) is 1.55. The summed E-state index contributed by atoms with van der Waals surface area (Å²) in [6.45, 7) is 0.947. The molecule has 0 atom stereocenters. The van der Waals surface area contributed by atoms with Crippen molar-refractivity contribution < 1.29 is 14.3 Å². The molecule has 0 unspecified atom stereocenters. The fourth-order valence-electron chi connectivity index (χ4n) is 1.58. The third-order valence-corrected chi connectivity index (χ3v) is 2.62. The fourth-order valence-corrected chi connectivity index (χ4v) is 1.58. The van der Waals surface area contributed by atoms with Gasteiger partial charge in [0.15, 0.2) is 0 Å². The van der Waals surface area contributed by atoms with Crippen LogP contribution in [0, 0.1) is 0 Å². The Morgan fingerprint density at radius 2 is 1.95 bits per heavy atom. The lowest BCUT2D eigenvalue weighted by atomic mass is 10.3. The fraction of sp³-hybridized carbons (Fsp3) is 0.462. The van der Waals surface area contributed by atoms with Crippen LogP contribution in [0.4, 0.5) is 5.69 Å². The normalized spacial score (nSPS) is 10.1. The van der Waals surface area contributed by atoms with E-state index in [1.54, 1.807) is 7.11 Å². The molecule has 1 aromatic rings. The van der Waals surface area contributed by atoms with Crippen LogP contribution >= 0.6 is 0 Å². The number of rotatable bonds is 8. The highest BCUT2D eigenvalue weighted by Crippen LogP contribution is 1.95. The van der Waals surface area contributed by atoms with E-state index in [2.05, 4.69) is 10.6 Å². The average Bonchev–Trinajstić information content (AvgIpc) is 2.43. The molecule has 1 aromatic heterocycles. The first-order valence-electron chi connectivity index (χ1n) is 6.51. The van der Waals surface area contributed by atoms with Gasteiger partial charge in [0.25, 0.3) is 5.56 Å². The summed E-state index contributed by atoms with van der Waals surface area (Å²) in [5.41, 5.74) is 5.64. The molecule has 0 aliphatic carbocycles. The summed E-state index contributed by atoms with van der Waals surface area (Å²) >= 11 is 0. The zero-order valence-corrected chi connectivity index (χ0v) is 11.9. The van der Waals surface area contributed by atoms with Crippen LogP contribution in [0.2, 0.25) is 0 Å². The van der Waals surface area contributed by atoms with Gasteiger partial charge >= 0.3 is 0 Å². The van der Waals surface area contributed by atoms with Crippen molar-refractivity contribution in [2.75, 3.05) is 32.5 Å². The molecule has 0 aromatic carbocycles. The molecule has 21 heavy (non-hydrogen) atoms. The van der Waals surface area contributed by atoms with Crippen molar-refractivity contribution in [3.63, 3.8) is 0 Å². The molecule has 0 bridgehead atoms. The third kappa shape index (κ3) is 6.57. The maximum Gasteiger partial charge on any atom is 0.251 e. The number of pyridine rings is 1. The van der Waals surface area contributed by atoms with Crippen LogP contribution in [0.15, 0.2) is 23.1 Å². The van der Waals surface area contributed by atoms with Crippen LogP contribution in [0.1, 0.15) is 6.42 Å². The van der Waals surface area contributed by atoms with Crippen molar-refractivity contribution in [3.8, 4) is 0 Å². The standard InChI is InChI=1S/C13H20N4O4/c1-21-7-6-16-11(18)4-5-15-12(19)9-17-8-10(14)2-3-13(17)20/h2-3,8H,4-7,9,14H2,1H3,(H,15,19)(H,16,18). The van der Waals surface area contributed by atoms with Crippen LogP contribution < -0.4 is 21.9 Å². The molecule has 8 heteroatoms. The Labute approximate surface area is 122 Å². The molecule has 1 rings (SSSR count). The number of aromatic nitrogens is 1. The first-order valence-corrected chi connectivity index (χ1v) is 6.51. The monoisotopic (exact) mass is 296 g/mol. The number of amides is 2. The lowest BCUT2D eigenvalue weighted by Crippen LogP contribution is -2.35. The number of nitrogens with one attached hydrogen (secondary N) is 2. The number of hydrogen-bond acceptors (Lipinski definition) is 5. The summed E-state index contributed by atoms with van der Waals surface area (Å²) in [6, 6.07) is 2.77. The second-order valence-corrected chi connectivity index (χ2v) is 4.37. The number of nitrogen functional groups attached to an aromatic ring is 1. The minimum absolute atomic E-state index is 0.130. The number of anilines is 1. The Kier molecular flexibility index (Phi) is 6.96. The van der Waals surface area contributed by atoms with E-state index >= 15 is 0 Å². The number of carbonyl (C=O) groups is 2. The molecule has 0 spiro atoms. The molecular weight excluding hydrogens is 276 g/mol. The van der Waals surface area contributed by atoms with Gasteiger partial charge in [-0.05, 0) is 6.07 Å². The predicted octanol–water partition coefficient (Wildman–Crippen LogP) is -1.30. The summed E-state index contributed by atoms with van der Waals surface area (Å²) in [4.78, 5) is 34.5. The number of ether oxygens (including phenoxy) is 1. The Morgan fingerprint density at radius 1 is 1.24 bits per heavy atom. The van der Waals surface area contributed by atoms with Crippen LogP contribution in [0.25, 0.3) is 0 Å². The molecule has 116 valence electrons. The third-order valence-electron chi connectivity index (χ3n) is 2.62. The minimum Gasteiger partial charge on any atom is -0.398 e. The van der Waals surface area contributed by atoms with Crippen molar-refractivity contribution in [3.05, 3.63) is 28.7 Å². The van der Waals surface area contributed by atoms with E-state index < -0.39 is 0 Å². The predicted molar refractivity (Wildman–Crippen MR) is 77.6 cm³/mol. The first-order chi connectivity index (χ1) is 10.0. The van der Waals surface area contributed by atoms with Gasteiger partial charge in [-0.15, -0.1) is 0 Å². The topological polar surface area (TPSA) is 115 Å². The molecule has 4 N–H and O–H groups in total. The molecule has 0 saturated carbocycles. The summed E-state index contributed by atoms with van der Waals surface area (Å²) in [6.07, 6.45) is 1.57. The number of nitrogens with two attached hydrogens (primary N) is 1. The zero-order chi connectivity index (χ0) is 15.7. The molecule has 0 saturated heterocycles. The van der Waals surface area contributed by atoms with Gasteiger partial charge in [0.1, 0.15) is 6.54 Å². The van der Waals surface area contributed by atoms with Crippen LogP contribution in [0.5, 0.6) is 0 Å². The summed E-state index contributed by atoms with van der Waals surface area (Å²) in [5, 5.41) is 5.20.